The largest absolute Gasteiger partial charge is 0.508 e. The molecule has 2 N–H and O–H groups in total. The van der Waals surface area contributed by atoms with Gasteiger partial charge in [-0.2, -0.15) is 5.26 Å². The summed E-state index contributed by atoms with van der Waals surface area (Å²) in [5.74, 6) is 0.919. The second kappa shape index (κ2) is 6.48. The molecular weight excluding hydrogens is 252 g/mol. The van der Waals surface area contributed by atoms with Crippen molar-refractivity contribution in [2.75, 3.05) is 11.9 Å². The maximum Gasteiger partial charge on any atom is 0.174 e. The Labute approximate surface area is 118 Å². The van der Waals surface area contributed by atoms with Gasteiger partial charge in [-0.05, 0) is 36.8 Å². The molecule has 1 unspecified atom stereocenters. The van der Waals surface area contributed by atoms with Crippen molar-refractivity contribution in [3.05, 3.63) is 54.1 Å². The summed E-state index contributed by atoms with van der Waals surface area (Å²) in [5, 5.41) is 21.2. The average Bonchev–Trinajstić information content (AvgIpc) is 2.45. The van der Waals surface area contributed by atoms with Gasteiger partial charge in [0.1, 0.15) is 17.6 Å². The molecule has 0 fully saturated rings. The van der Waals surface area contributed by atoms with Crippen molar-refractivity contribution < 1.29 is 9.84 Å². The van der Waals surface area contributed by atoms with E-state index in [-0.39, 0.29) is 18.4 Å². The van der Waals surface area contributed by atoms with Crippen LogP contribution < -0.4 is 10.1 Å². The van der Waals surface area contributed by atoms with Crippen LogP contribution in [0.4, 0.5) is 5.69 Å². The van der Waals surface area contributed by atoms with Gasteiger partial charge in [-0.1, -0.05) is 18.2 Å². The molecule has 0 saturated carbocycles. The van der Waals surface area contributed by atoms with E-state index in [0.29, 0.717) is 5.75 Å². The molecule has 0 aromatic heterocycles. The molecule has 0 bridgehead atoms. The smallest absolute Gasteiger partial charge is 0.174 e. The fraction of sp³-hybridized carbons (Fsp3) is 0.188. The number of rotatable bonds is 5. The molecule has 1 atom stereocenters. The van der Waals surface area contributed by atoms with Gasteiger partial charge < -0.3 is 15.2 Å². The molecule has 102 valence electrons. The lowest BCUT2D eigenvalue weighted by molar-refractivity contribution is 0.368. The van der Waals surface area contributed by atoms with Crippen LogP contribution in [0.2, 0.25) is 0 Å². The number of aromatic hydroxyl groups is 1. The van der Waals surface area contributed by atoms with E-state index >= 15 is 0 Å². The minimum Gasteiger partial charge on any atom is -0.508 e. The zero-order valence-corrected chi connectivity index (χ0v) is 11.2. The Balaban J connectivity index is 2.02. The third kappa shape index (κ3) is 3.66. The maximum atomic E-state index is 9.43. The van der Waals surface area contributed by atoms with Crippen LogP contribution in [0.15, 0.2) is 48.5 Å². The van der Waals surface area contributed by atoms with Gasteiger partial charge in [0.15, 0.2) is 6.61 Å². The lowest BCUT2D eigenvalue weighted by Crippen LogP contribution is -2.06. The van der Waals surface area contributed by atoms with Crippen LogP contribution in [-0.4, -0.2) is 11.7 Å². The van der Waals surface area contributed by atoms with E-state index in [4.69, 9.17) is 10.00 Å². The Morgan fingerprint density at radius 2 is 2.00 bits per heavy atom. The Hall–Kier alpha value is -2.67. The van der Waals surface area contributed by atoms with Crippen LogP contribution in [0.5, 0.6) is 11.5 Å². The first-order chi connectivity index (χ1) is 9.69. The van der Waals surface area contributed by atoms with E-state index in [1.807, 2.05) is 43.3 Å². The number of anilines is 1. The van der Waals surface area contributed by atoms with Crippen molar-refractivity contribution >= 4 is 5.69 Å². The quantitative estimate of drug-likeness (QED) is 0.871. The predicted molar refractivity (Wildman–Crippen MR) is 77.7 cm³/mol. The van der Waals surface area contributed by atoms with E-state index in [9.17, 15) is 5.11 Å². The topological polar surface area (TPSA) is 65.3 Å². The van der Waals surface area contributed by atoms with Gasteiger partial charge in [-0.15, -0.1) is 0 Å². The Kier molecular flexibility index (Phi) is 4.46. The number of ether oxygens (including phenoxy) is 1. The van der Waals surface area contributed by atoms with Crippen LogP contribution in [0.3, 0.4) is 0 Å². The van der Waals surface area contributed by atoms with Crippen molar-refractivity contribution in [1.29, 1.82) is 5.26 Å². The molecule has 0 saturated heterocycles. The number of nitrogens with one attached hydrogen (secondary N) is 1. The zero-order valence-electron chi connectivity index (χ0n) is 11.2. The summed E-state index contributed by atoms with van der Waals surface area (Å²) in [5.41, 5.74) is 1.96. The first-order valence-corrected chi connectivity index (χ1v) is 6.34. The monoisotopic (exact) mass is 268 g/mol. The molecule has 2 aromatic rings. The third-order valence-corrected chi connectivity index (χ3v) is 2.91. The Bertz CT molecular complexity index is 603. The maximum absolute atomic E-state index is 9.43. The highest BCUT2D eigenvalue weighted by molar-refractivity contribution is 5.49. The molecule has 0 heterocycles. The lowest BCUT2D eigenvalue weighted by Gasteiger charge is -2.16. The van der Waals surface area contributed by atoms with Gasteiger partial charge >= 0.3 is 0 Å². The summed E-state index contributed by atoms with van der Waals surface area (Å²) >= 11 is 0. The van der Waals surface area contributed by atoms with E-state index in [0.717, 1.165) is 11.3 Å². The molecule has 0 radical (unpaired) electrons. The van der Waals surface area contributed by atoms with Gasteiger partial charge in [0.2, 0.25) is 0 Å². The number of hydrogen-bond acceptors (Lipinski definition) is 4. The summed E-state index contributed by atoms with van der Waals surface area (Å²) in [4.78, 5) is 0. The molecule has 20 heavy (non-hydrogen) atoms. The summed E-state index contributed by atoms with van der Waals surface area (Å²) in [6.07, 6.45) is 0. The summed E-state index contributed by atoms with van der Waals surface area (Å²) < 4.78 is 5.21. The number of phenols is 1. The lowest BCUT2D eigenvalue weighted by atomic mass is 10.1. The van der Waals surface area contributed by atoms with Crippen LogP contribution >= 0.6 is 0 Å². The van der Waals surface area contributed by atoms with E-state index in [2.05, 4.69) is 5.32 Å². The summed E-state index contributed by atoms with van der Waals surface area (Å²) in [6, 6.07) is 16.6. The molecule has 2 aromatic carbocycles. The van der Waals surface area contributed by atoms with Gasteiger partial charge in [-0.25, -0.2) is 0 Å². The summed E-state index contributed by atoms with van der Waals surface area (Å²) in [6.45, 7) is 2.09. The minimum absolute atomic E-state index is 0.0520. The molecule has 0 aliphatic heterocycles. The van der Waals surface area contributed by atoms with E-state index in [1.54, 1.807) is 18.2 Å². The standard InChI is InChI=1S/C16H16N2O2/c1-12(18-14-3-2-4-15(19)11-14)13-5-7-16(8-6-13)20-10-9-17/h2-8,11-12,18-19H,10H2,1H3. The molecular formula is C16H16N2O2. The van der Waals surface area contributed by atoms with Gasteiger partial charge in [0.25, 0.3) is 0 Å². The average molecular weight is 268 g/mol. The Morgan fingerprint density at radius 3 is 2.65 bits per heavy atom. The number of nitrogens with zero attached hydrogens (tertiary/aromatic N) is 1. The minimum atomic E-state index is 0.0520. The van der Waals surface area contributed by atoms with Crippen LogP contribution in [0, 0.1) is 11.3 Å². The molecule has 2 rings (SSSR count). The second-order valence-corrected chi connectivity index (χ2v) is 4.43. The number of phenolic OH excluding ortho intramolecular Hbond substituents is 1. The SMILES string of the molecule is CC(Nc1cccc(O)c1)c1ccc(OCC#N)cc1. The van der Waals surface area contributed by atoms with Crippen LogP contribution in [-0.2, 0) is 0 Å². The number of hydrogen-bond donors (Lipinski definition) is 2. The number of benzene rings is 2. The van der Waals surface area contributed by atoms with Gasteiger partial charge in [0.05, 0.1) is 0 Å². The van der Waals surface area contributed by atoms with Crippen molar-refractivity contribution in [3.63, 3.8) is 0 Å². The predicted octanol–water partition coefficient (Wildman–Crippen LogP) is 3.47. The highest BCUT2D eigenvalue weighted by Gasteiger charge is 2.06. The van der Waals surface area contributed by atoms with Crippen molar-refractivity contribution in [2.45, 2.75) is 13.0 Å². The Morgan fingerprint density at radius 1 is 1.25 bits per heavy atom. The molecule has 0 spiro atoms. The third-order valence-electron chi connectivity index (χ3n) is 2.91. The molecule has 4 heteroatoms. The van der Waals surface area contributed by atoms with Crippen LogP contribution in [0.1, 0.15) is 18.5 Å². The van der Waals surface area contributed by atoms with E-state index in [1.165, 1.54) is 0 Å². The highest BCUT2D eigenvalue weighted by Crippen LogP contribution is 2.23. The molecule has 0 aliphatic rings. The second-order valence-electron chi connectivity index (χ2n) is 4.43. The first-order valence-electron chi connectivity index (χ1n) is 6.34. The van der Waals surface area contributed by atoms with Gasteiger partial charge in [-0.3, -0.25) is 0 Å². The molecule has 0 amide bonds. The highest BCUT2D eigenvalue weighted by atomic mass is 16.5. The normalized spacial score (nSPS) is 11.4. The molecule has 4 nitrogen and oxygen atoms in total. The fourth-order valence-corrected chi connectivity index (χ4v) is 1.90. The van der Waals surface area contributed by atoms with Crippen molar-refractivity contribution in [3.8, 4) is 17.6 Å². The first kappa shape index (κ1) is 13.8. The van der Waals surface area contributed by atoms with Crippen molar-refractivity contribution in [2.24, 2.45) is 0 Å². The van der Waals surface area contributed by atoms with Crippen LogP contribution in [0.25, 0.3) is 0 Å². The van der Waals surface area contributed by atoms with Gasteiger partial charge in [0, 0.05) is 17.8 Å². The van der Waals surface area contributed by atoms with Crippen molar-refractivity contribution in [1.82, 2.24) is 0 Å². The van der Waals surface area contributed by atoms with E-state index < -0.39 is 0 Å². The zero-order chi connectivity index (χ0) is 14.4. The fourth-order valence-electron chi connectivity index (χ4n) is 1.90. The summed E-state index contributed by atoms with van der Waals surface area (Å²) in [7, 11) is 0. The molecule has 0 aliphatic carbocycles. The number of nitriles is 1.